The van der Waals surface area contributed by atoms with Crippen LogP contribution in [0.4, 0.5) is 5.82 Å². The second kappa shape index (κ2) is 7.92. The van der Waals surface area contributed by atoms with Crippen LogP contribution in [0.15, 0.2) is 24.4 Å². The minimum absolute atomic E-state index is 0.114. The van der Waals surface area contributed by atoms with E-state index >= 15 is 0 Å². The van der Waals surface area contributed by atoms with Crippen molar-refractivity contribution in [3.63, 3.8) is 0 Å². The Kier molecular flexibility index (Phi) is 5.41. The van der Waals surface area contributed by atoms with Crippen molar-refractivity contribution in [2.24, 2.45) is 5.92 Å². The number of amides is 1. The zero-order chi connectivity index (χ0) is 17.8. The summed E-state index contributed by atoms with van der Waals surface area (Å²) in [4.78, 5) is 18.5. The van der Waals surface area contributed by atoms with Gasteiger partial charge < -0.3 is 19.7 Å². The normalized spacial score (nSPS) is 24.8. The van der Waals surface area contributed by atoms with E-state index in [1.807, 2.05) is 23.1 Å². The third-order valence-corrected chi connectivity index (χ3v) is 6.08. The lowest BCUT2D eigenvalue weighted by molar-refractivity contribution is -0.170. The Bertz CT molecular complexity index is 598. The van der Waals surface area contributed by atoms with Crippen molar-refractivity contribution in [1.29, 1.82) is 0 Å². The van der Waals surface area contributed by atoms with E-state index in [-0.39, 0.29) is 18.1 Å². The van der Waals surface area contributed by atoms with E-state index in [0.717, 1.165) is 44.7 Å². The first kappa shape index (κ1) is 17.7. The lowest BCUT2D eigenvalue weighted by Gasteiger charge is -2.50. The Morgan fingerprint density at radius 3 is 2.92 bits per heavy atom. The molecular weight excluding hydrogens is 330 g/mol. The molecule has 1 spiro atoms. The van der Waals surface area contributed by atoms with Crippen LogP contribution in [0.3, 0.4) is 0 Å². The van der Waals surface area contributed by atoms with Crippen molar-refractivity contribution < 1.29 is 14.3 Å². The minimum Gasteiger partial charge on any atom is -0.371 e. The Labute approximate surface area is 155 Å². The Balaban J connectivity index is 1.20. The monoisotopic (exact) mass is 359 g/mol. The SMILES string of the molecule is O=C(COC1CCCC1)N1CC2(C1)OCC[C@@H]2CCNc1ccccn1. The molecule has 3 fully saturated rings. The molecule has 1 amide bonds. The summed E-state index contributed by atoms with van der Waals surface area (Å²) >= 11 is 0. The molecule has 2 saturated heterocycles. The van der Waals surface area contributed by atoms with Crippen molar-refractivity contribution in [3.8, 4) is 0 Å². The van der Waals surface area contributed by atoms with Crippen molar-refractivity contribution in [2.75, 3.05) is 38.2 Å². The van der Waals surface area contributed by atoms with Gasteiger partial charge in [-0.25, -0.2) is 4.98 Å². The predicted octanol–water partition coefficient (Wildman–Crippen LogP) is 2.46. The zero-order valence-corrected chi connectivity index (χ0v) is 15.4. The number of aromatic nitrogens is 1. The molecule has 2 aliphatic heterocycles. The Morgan fingerprint density at radius 2 is 2.15 bits per heavy atom. The topological polar surface area (TPSA) is 63.7 Å². The zero-order valence-electron chi connectivity index (χ0n) is 15.4. The molecule has 6 heteroatoms. The summed E-state index contributed by atoms with van der Waals surface area (Å²) < 4.78 is 11.8. The van der Waals surface area contributed by atoms with E-state index in [4.69, 9.17) is 9.47 Å². The van der Waals surface area contributed by atoms with Crippen LogP contribution >= 0.6 is 0 Å². The first-order valence-electron chi connectivity index (χ1n) is 9.93. The predicted molar refractivity (Wildman–Crippen MR) is 98.9 cm³/mol. The van der Waals surface area contributed by atoms with Crippen LogP contribution in [0.5, 0.6) is 0 Å². The van der Waals surface area contributed by atoms with Gasteiger partial charge in [0.25, 0.3) is 0 Å². The number of nitrogens with one attached hydrogen (secondary N) is 1. The molecule has 1 atom stereocenters. The van der Waals surface area contributed by atoms with E-state index in [0.29, 0.717) is 25.1 Å². The summed E-state index contributed by atoms with van der Waals surface area (Å²) in [5.41, 5.74) is -0.130. The average Bonchev–Trinajstić information content (AvgIpc) is 3.29. The number of carbonyl (C=O) groups is 1. The van der Waals surface area contributed by atoms with Gasteiger partial charge in [-0.3, -0.25) is 4.79 Å². The average molecular weight is 359 g/mol. The lowest BCUT2D eigenvalue weighted by Crippen LogP contribution is -2.66. The quantitative estimate of drug-likeness (QED) is 0.810. The molecule has 1 aromatic heterocycles. The fourth-order valence-electron chi connectivity index (χ4n) is 4.50. The van der Waals surface area contributed by atoms with Crippen LogP contribution in [0.1, 0.15) is 38.5 Å². The molecule has 0 unspecified atom stereocenters. The van der Waals surface area contributed by atoms with Crippen molar-refractivity contribution in [2.45, 2.75) is 50.2 Å². The number of ether oxygens (including phenoxy) is 2. The molecule has 1 aromatic rings. The smallest absolute Gasteiger partial charge is 0.248 e. The highest BCUT2D eigenvalue weighted by atomic mass is 16.5. The van der Waals surface area contributed by atoms with Crippen molar-refractivity contribution in [3.05, 3.63) is 24.4 Å². The van der Waals surface area contributed by atoms with Gasteiger partial charge in [0, 0.05) is 19.3 Å². The van der Waals surface area contributed by atoms with Gasteiger partial charge in [-0.2, -0.15) is 0 Å². The first-order valence-corrected chi connectivity index (χ1v) is 9.93. The second-order valence-corrected chi connectivity index (χ2v) is 7.80. The van der Waals surface area contributed by atoms with Crippen LogP contribution in [-0.2, 0) is 14.3 Å². The lowest BCUT2D eigenvalue weighted by atomic mass is 9.79. The molecule has 1 aliphatic carbocycles. The van der Waals surface area contributed by atoms with Gasteiger partial charge in [0.05, 0.1) is 19.2 Å². The highest BCUT2D eigenvalue weighted by Gasteiger charge is 2.53. The van der Waals surface area contributed by atoms with Gasteiger partial charge in [-0.1, -0.05) is 18.9 Å². The highest BCUT2D eigenvalue weighted by molar-refractivity contribution is 5.78. The molecule has 26 heavy (non-hydrogen) atoms. The Morgan fingerprint density at radius 1 is 1.31 bits per heavy atom. The molecule has 3 heterocycles. The molecule has 1 N–H and O–H groups in total. The summed E-state index contributed by atoms with van der Waals surface area (Å²) in [5, 5.41) is 3.38. The molecule has 0 radical (unpaired) electrons. The fraction of sp³-hybridized carbons (Fsp3) is 0.700. The van der Waals surface area contributed by atoms with Crippen molar-refractivity contribution >= 4 is 11.7 Å². The van der Waals surface area contributed by atoms with Gasteiger partial charge in [-0.15, -0.1) is 0 Å². The van der Waals surface area contributed by atoms with E-state index in [9.17, 15) is 4.79 Å². The van der Waals surface area contributed by atoms with E-state index < -0.39 is 0 Å². The van der Waals surface area contributed by atoms with Crippen LogP contribution in [0.25, 0.3) is 0 Å². The number of hydrogen-bond donors (Lipinski definition) is 1. The number of nitrogens with zero attached hydrogens (tertiary/aromatic N) is 2. The fourth-order valence-corrected chi connectivity index (χ4v) is 4.50. The van der Waals surface area contributed by atoms with E-state index in [1.54, 1.807) is 6.20 Å². The van der Waals surface area contributed by atoms with Gasteiger partial charge in [0.1, 0.15) is 18.0 Å². The number of likely N-dealkylation sites (tertiary alicyclic amines) is 1. The third kappa shape index (κ3) is 3.86. The summed E-state index contributed by atoms with van der Waals surface area (Å²) in [6, 6.07) is 5.88. The van der Waals surface area contributed by atoms with Crippen LogP contribution in [0.2, 0.25) is 0 Å². The second-order valence-electron chi connectivity index (χ2n) is 7.80. The number of anilines is 1. The third-order valence-electron chi connectivity index (χ3n) is 6.08. The summed E-state index contributed by atoms with van der Waals surface area (Å²) in [5.74, 6) is 1.52. The minimum atomic E-state index is -0.130. The molecular formula is C20H29N3O3. The summed E-state index contributed by atoms with van der Waals surface area (Å²) in [7, 11) is 0. The summed E-state index contributed by atoms with van der Waals surface area (Å²) in [6.07, 6.45) is 8.87. The maximum Gasteiger partial charge on any atom is 0.248 e. The number of rotatable bonds is 7. The molecule has 6 nitrogen and oxygen atoms in total. The molecule has 0 aromatic carbocycles. The molecule has 142 valence electrons. The largest absolute Gasteiger partial charge is 0.371 e. The maximum absolute atomic E-state index is 12.4. The van der Waals surface area contributed by atoms with Crippen LogP contribution < -0.4 is 5.32 Å². The van der Waals surface area contributed by atoms with Gasteiger partial charge in [0.2, 0.25) is 5.91 Å². The molecule has 1 saturated carbocycles. The molecule has 3 aliphatic rings. The van der Waals surface area contributed by atoms with Crippen LogP contribution in [-0.4, -0.2) is 60.3 Å². The molecule has 4 rings (SSSR count). The standard InChI is InChI=1S/C20H29N3O3/c24-19(13-25-17-5-1-2-6-17)23-14-20(15-23)16(9-12-26-20)8-11-22-18-7-3-4-10-21-18/h3-4,7,10,16-17H,1-2,5-6,8-9,11-15H2,(H,21,22)/t16-/m0/s1. The first-order chi connectivity index (χ1) is 12.8. The highest BCUT2D eigenvalue weighted by Crippen LogP contribution is 2.41. The maximum atomic E-state index is 12.4. The van der Waals surface area contributed by atoms with Gasteiger partial charge in [-0.05, 0) is 43.7 Å². The Hall–Kier alpha value is -1.66. The summed E-state index contributed by atoms with van der Waals surface area (Å²) in [6.45, 7) is 3.34. The van der Waals surface area contributed by atoms with E-state index in [2.05, 4.69) is 10.3 Å². The van der Waals surface area contributed by atoms with Crippen molar-refractivity contribution in [1.82, 2.24) is 9.88 Å². The van der Waals surface area contributed by atoms with E-state index in [1.165, 1.54) is 12.8 Å². The number of carbonyl (C=O) groups excluding carboxylic acids is 1. The van der Waals surface area contributed by atoms with Crippen LogP contribution in [0, 0.1) is 5.92 Å². The van der Waals surface area contributed by atoms with Gasteiger partial charge in [0.15, 0.2) is 0 Å². The van der Waals surface area contributed by atoms with Gasteiger partial charge >= 0.3 is 0 Å². The number of hydrogen-bond acceptors (Lipinski definition) is 5. The number of pyridine rings is 1. The molecule has 0 bridgehead atoms.